The lowest BCUT2D eigenvalue weighted by molar-refractivity contribution is 0.0993. The Kier molecular flexibility index (Phi) is 5.57. The largest absolute Gasteiger partial charge is 0.302 e. The predicted octanol–water partition coefficient (Wildman–Crippen LogP) is 4.95. The third-order valence-corrected chi connectivity index (χ3v) is 5.59. The molecule has 0 saturated carbocycles. The first-order valence-electron chi connectivity index (χ1n) is 8.78. The Morgan fingerprint density at radius 2 is 1.81 bits per heavy atom. The summed E-state index contributed by atoms with van der Waals surface area (Å²) >= 11 is 1.46. The van der Waals surface area contributed by atoms with Crippen LogP contribution in [0.2, 0.25) is 0 Å². The van der Waals surface area contributed by atoms with E-state index in [1.807, 2.05) is 62.4 Å². The fourth-order valence-corrected chi connectivity index (χ4v) is 3.79. The maximum Gasteiger partial charge on any atom is 0.192 e. The van der Waals surface area contributed by atoms with Crippen molar-refractivity contribution in [3.63, 3.8) is 0 Å². The highest BCUT2D eigenvalue weighted by atomic mass is 32.2. The molecule has 2 aromatic carbocycles. The van der Waals surface area contributed by atoms with Crippen molar-refractivity contribution in [1.82, 2.24) is 14.8 Å². The molecule has 0 bridgehead atoms. The van der Waals surface area contributed by atoms with Crippen LogP contribution in [0, 0.1) is 13.8 Å². The average molecular weight is 366 g/mol. The van der Waals surface area contributed by atoms with E-state index < -0.39 is 0 Å². The van der Waals surface area contributed by atoms with E-state index in [0.29, 0.717) is 0 Å². The van der Waals surface area contributed by atoms with E-state index in [0.717, 1.165) is 34.2 Å². The van der Waals surface area contributed by atoms with Crippen LogP contribution in [-0.2, 0) is 6.54 Å². The van der Waals surface area contributed by atoms with Crippen molar-refractivity contribution in [2.45, 2.75) is 44.6 Å². The minimum atomic E-state index is -0.227. The molecule has 0 aliphatic rings. The molecule has 0 spiro atoms. The van der Waals surface area contributed by atoms with Gasteiger partial charge >= 0.3 is 0 Å². The van der Waals surface area contributed by atoms with Crippen molar-refractivity contribution in [2.24, 2.45) is 0 Å². The summed E-state index contributed by atoms with van der Waals surface area (Å²) in [4.78, 5) is 12.8. The molecular weight excluding hydrogens is 342 g/mol. The lowest BCUT2D eigenvalue weighted by Gasteiger charge is -2.12. The number of hydrogen-bond donors (Lipinski definition) is 0. The van der Waals surface area contributed by atoms with Gasteiger partial charge in [-0.05, 0) is 44.9 Å². The van der Waals surface area contributed by atoms with Crippen LogP contribution < -0.4 is 0 Å². The molecule has 26 heavy (non-hydrogen) atoms. The number of carbonyl (C=O) groups is 1. The first kappa shape index (κ1) is 18.4. The van der Waals surface area contributed by atoms with Crippen molar-refractivity contribution in [2.75, 3.05) is 0 Å². The third kappa shape index (κ3) is 3.73. The van der Waals surface area contributed by atoms with Crippen LogP contribution in [0.25, 0.3) is 11.4 Å². The van der Waals surface area contributed by atoms with Crippen molar-refractivity contribution in [3.8, 4) is 11.4 Å². The number of hydrogen-bond acceptors (Lipinski definition) is 4. The molecule has 134 valence electrons. The number of carbonyl (C=O) groups excluding carboxylic acids is 1. The minimum Gasteiger partial charge on any atom is -0.302 e. The van der Waals surface area contributed by atoms with E-state index >= 15 is 0 Å². The van der Waals surface area contributed by atoms with E-state index in [1.54, 1.807) is 0 Å². The summed E-state index contributed by atoms with van der Waals surface area (Å²) in [6, 6.07) is 15.9. The van der Waals surface area contributed by atoms with Crippen molar-refractivity contribution >= 4 is 17.5 Å². The van der Waals surface area contributed by atoms with E-state index in [1.165, 1.54) is 17.3 Å². The molecule has 1 unspecified atom stereocenters. The van der Waals surface area contributed by atoms with Gasteiger partial charge < -0.3 is 4.57 Å². The molecule has 0 amide bonds. The Labute approximate surface area is 158 Å². The molecular formula is C21H23N3OS. The monoisotopic (exact) mass is 365 g/mol. The van der Waals surface area contributed by atoms with E-state index in [2.05, 4.69) is 28.6 Å². The molecule has 0 aliphatic carbocycles. The Morgan fingerprint density at radius 3 is 2.46 bits per heavy atom. The Hall–Kier alpha value is -2.40. The molecule has 4 nitrogen and oxygen atoms in total. The molecule has 0 radical (unpaired) electrons. The molecule has 1 atom stereocenters. The third-order valence-electron chi connectivity index (χ3n) is 4.51. The van der Waals surface area contributed by atoms with E-state index in [-0.39, 0.29) is 11.0 Å². The van der Waals surface area contributed by atoms with Crippen molar-refractivity contribution in [3.05, 3.63) is 65.2 Å². The van der Waals surface area contributed by atoms with Gasteiger partial charge in [-0.25, -0.2) is 0 Å². The molecule has 1 heterocycles. The lowest BCUT2D eigenvalue weighted by atomic mass is 10.0. The second-order valence-electron chi connectivity index (χ2n) is 6.34. The lowest BCUT2D eigenvalue weighted by Crippen LogP contribution is -2.15. The molecule has 0 fully saturated rings. The molecule has 5 heteroatoms. The van der Waals surface area contributed by atoms with Crippen LogP contribution in [0.15, 0.2) is 53.7 Å². The van der Waals surface area contributed by atoms with Crippen molar-refractivity contribution in [1.29, 1.82) is 0 Å². The number of nitrogens with zero attached hydrogens (tertiary/aromatic N) is 3. The Bertz CT molecular complexity index is 918. The van der Waals surface area contributed by atoms with Gasteiger partial charge in [0.2, 0.25) is 0 Å². The summed E-state index contributed by atoms with van der Waals surface area (Å²) in [5, 5.41) is 9.23. The minimum absolute atomic E-state index is 0.116. The van der Waals surface area contributed by atoms with Gasteiger partial charge in [0.05, 0.1) is 5.25 Å². The van der Waals surface area contributed by atoms with Gasteiger partial charge in [0.15, 0.2) is 16.8 Å². The zero-order valence-corrected chi connectivity index (χ0v) is 16.4. The zero-order chi connectivity index (χ0) is 18.7. The smallest absolute Gasteiger partial charge is 0.192 e. The number of ketones is 1. The second kappa shape index (κ2) is 7.87. The van der Waals surface area contributed by atoms with Gasteiger partial charge in [-0.3, -0.25) is 4.79 Å². The van der Waals surface area contributed by atoms with Gasteiger partial charge in [-0.1, -0.05) is 54.2 Å². The van der Waals surface area contributed by atoms with Crippen LogP contribution in [0.5, 0.6) is 0 Å². The fraction of sp³-hybridized carbons (Fsp3) is 0.286. The highest BCUT2D eigenvalue weighted by Crippen LogP contribution is 2.28. The first-order valence-corrected chi connectivity index (χ1v) is 9.66. The summed E-state index contributed by atoms with van der Waals surface area (Å²) in [6.45, 7) is 8.83. The number of thioether (sulfide) groups is 1. The maximum atomic E-state index is 12.8. The van der Waals surface area contributed by atoms with Gasteiger partial charge in [0.1, 0.15) is 0 Å². The van der Waals surface area contributed by atoms with E-state index in [4.69, 9.17) is 0 Å². The summed E-state index contributed by atoms with van der Waals surface area (Å²) in [5.74, 6) is 0.950. The average Bonchev–Trinajstić information content (AvgIpc) is 3.06. The SMILES string of the molecule is CCn1c(SC(C)C(=O)c2ccc(C)c(C)c2)nnc1-c1ccccc1. The van der Waals surface area contributed by atoms with Crippen molar-refractivity contribution < 1.29 is 4.79 Å². The number of aromatic nitrogens is 3. The normalized spacial score (nSPS) is 12.2. The summed E-state index contributed by atoms with van der Waals surface area (Å²) in [6.07, 6.45) is 0. The van der Waals surface area contributed by atoms with Crippen LogP contribution in [0.3, 0.4) is 0 Å². The molecule has 3 rings (SSSR count). The molecule has 0 aliphatic heterocycles. The highest BCUT2D eigenvalue weighted by molar-refractivity contribution is 8.00. The number of benzene rings is 2. The summed E-state index contributed by atoms with van der Waals surface area (Å²) in [7, 11) is 0. The van der Waals surface area contributed by atoms with Gasteiger partial charge in [-0.2, -0.15) is 0 Å². The summed E-state index contributed by atoms with van der Waals surface area (Å²) < 4.78 is 2.06. The highest BCUT2D eigenvalue weighted by Gasteiger charge is 2.21. The Morgan fingerprint density at radius 1 is 1.08 bits per heavy atom. The molecule has 0 saturated heterocycles. The summed E-state index contributed by atoms with van der Waals surface area (Å²) in [5.41, 5.74) is 4.11. The van der Waals surface area contributed by atoms with Gasteiger partial charge in [0.25, 0.3) is 0 Å². The molecule has 0 N–H and O–H groups in total. The molecule has 3 aromatic rings. The Balaban J connectivity index is 1.83. The van der Waals surface area contributed by atoms with Crippen LogP contribution in [-0.4, -0.2) is 25.8 Å². The van der Waals surface area contributed by atoms with Crippen LogP contribution >= 0.6 is 11.8 Å². The molecule has 1 aromatic heterocycles. The standard InChI is InChI=1S/C21H23N3OS/c1-5-24-20(17-9-7-6-8-10-17)22-23-21(24)26-16(4)19(25)18-12-11-14(2)15(3)13-18/h6-13,16H,5H2,1-4H3. The fourth-order valence-electron chi connectivity index (χ4n) is 2.80. The van der Waals surface area contributed by atoms with Gasteiger partial charge in [-0.15, -0.1) is 10.2 Å². The quantitative estimate of drug-likeness (QED) is 0.458. The first-order chi connectivity index (χ1) is 12.5. The number of Topliss-reactive ketones (excluding diaryl/α,β-unsaturated/α-hetero) is 1. The second-order valence-corrected chi connectivity index (χ2v) is 7.65. The number of rotatable bonds is 6. The maximum absolute atomic E-state index is 12.8. The van der Waals surface area contributed by atoms with Crippen LogP contribution in [0.1, 0.15) is 35.3 Å². The zero-order valence-electron chi connectivity index (χ0n) is 15.6. The predicted molar refractivity (Wildman–Crippen MR) is 107 cm³/mol. The topological polar surface area (TPSA) is 47.8 Å². The number of aryl methyl sites for hydroxylation is 2. The van der Waals surface area contributed by atoms with Crippen LogP contribution in [0.4, 0.5) is 0 Å². The van der Waals surface area contributed by atoms with E-state index in [9.17, 15) is 4.79 Å². The van der Waals surface area contributed by atoms with Gasteiger partial charge in [0, 0.05) is 17.7 Å².